The highest BCUT2D eigenvalue weighted by Gasteiger charge is 2.52. The Morgan fingerprint density at radius 2 is 1.70 bits per heavy atom. The number of allylic oxidation sites excluding steroid dienone is 1. The van der Waals surface area contributed by atoms with Gasteiger partial charge in [-0.05, 0) is 65.4 Å². The minimum Gasteiger partial charge on any atom is -0.497 e. The van der Waals surface area contributed by atoms with Crippen molar-refractivity contribution in [2.24, 2.45) is 5.92 Å². The Balaban J connectivity index is 1.01. The minimum atomic E-state index is -1.84. The Bertz CT molecular complexity index is 2370. The van der Waals surface area contributed by atoms with E-state index in [2.05, 4.69) is 10.3 Å². The molecule has 2 N–H and O–H groups in total. The lowest BCUT2D eigenvalue weighted by Gasteiger charge is -2.28. The Kier molecular flexibility index (Phi) is 8.85. The third-order valence-electron chi connectivity index (χ3n) is 10.4. The predicted molar refractivity (Wildman–Crippen MR) is 203 cm³/mol. The number of carbonyl (C=O) groups is 2. The van der Waals surface area contributed by atoms with E-state index in [1.165, 1.54) is 0 Å². The van der Waals surface area contributed by atoms with Gasteiger partial charge in [0.1, 0.15) is 5.75 Å². The normalized spacial score (nSPS) is 17.6. The molecular weight excluding hydrogens is 667 g/mol. The van der Waals surface area contributed by atoms with Gasteiger partial charge in [-0.2, -0.15) is 0 Å². The van der Waals surface area contributed by atoms with E-state index in [9.17, 15) is 19.8 Å². The highest BCUT2D eigenvalue weighted by atomic mass is 16.5. The number of aryl methyl sites for hydroxylation is 1. The summed E-state index contributed by atoms with van der Waals surface area (Å²) in [5.74, 6) is -0.837. The molecule has 3 heterocycles. The summed E-state index contributed by atoms with van der Waals surface area (Å²) in [6, 6.07) is 34.3. The molecule has 3 atom stereocenters. The third kappa shape index (κ3) is 5.86. The van der Waals surface area contributed by atoms with Crippen LogP contribution in [0.25, 0.3) is 10.8 Å². The molecule has 0 aliphatic carbocycles. The number of aliphatic hydroxyl groups excluding tert-OH is 1. The molecule has 0 radical (unpaired) electrons. The molecule has 1 unspecified atom stereocenters. The molecule has 0 bridgehead atoms. The molecule has 2 amide bonds. The van der Waals surface area contributed by atoms with Crippen LogP contribution < -0.4 is 14.5 Å². The average Bonchev–Trinajstić information content (AvgIpc) is 3.83. The molecule has 0 saturated carbocycles. The summed E-state index contributed by atoms with van der Waals surface area (Å²) in [5.41, 5.74) is 3.90. The first-order valence-electron chi connectivity index (χ1n) is 17.7. The van der Waals surface area contributed by atoms with Gasteiger partial charge in [0.25, 0.3) is 11.8 Å². The van der Waals surface area contributed by atoms with Gasteiger partial charge in [0.15, 0.2) is 5.60 Å². The van der Waals surface area contributed by atoms with Crippen LogP contribution in [0.3, 0.4) is 0 Å². The number of rotatable bonds is 12. The number of carbonyl (C=O) groups excluding carboxylic acids is 2. The Hall–Kier alpha value is -6.10. The molecule has 10 nitrogen and oxygen atoms in total. The number of ether oxygens (including phenoxy) is 1. The van der Waals surface area contributed by atoms with E-state index in [4.69, 9.17) is 4.74 Å². The molecule has 1 aromatic heterocycles. The standard InChI is InChI=1S/C43H39N5O5/c1-28(11-6-7-22-46-26-37(44-45-46)35(27-49)30-13-4-3-5-14-30)43(52)36-24-33(53-2)20-21-38(36)47(42(43)51)25-29-12-8-17-32(23-29)48-39-19-10-16-31-15-9-18-34(40(31)39)41(48)50/h3-6,8-21,23-24,26,28,35,49,52H,7,22,25,27H2,1-2H3/b11-6+/t28-,35?,43+/m1/s1. The highest BCUT2D eigenvalue weighted by Crippen LogP contribution is 2.48. The molecule has 0 spiro atoms. The first-order valence-corrected chi connectivity index (χ1v) is 17.7. The molecule has 2 aliphatic heterocycles. The quantitative estimate of drug-likeness (QED) is 0.133. The van der Waals surface area contributed by atoms with E-state index in [-0.39, 0.29) is 25.0 Å². The number of hydrogen-bond acceptors (Lipinski definition) is 7. The van der Waals surface area contributed by atoms with E-state index >= 15 is 0 Å². The first kappa shape index (κ1) is 34.0. The van der Waals surface area contributed by atoms with Crippen LogP contribution in [-0.4, -0.2) is 50.7 Å². The van der Waals surface area contributed by atoms with Crippen molar-refractivity contribution in [3.8, 4) is 5.75 Å². The molecule has 2 aliphatic rings. The van der Waals surface area contributed by atoms with Crippen molar-refractivity contribution in [2.75, 3.05) is 23.5 Å². The number of aromatic nitrogens is 3. The van der Waals surface area contributed by atoms with E-state index in [0.29, 0.717) is 46.9 Å². The maximum atomic E-state index is 14.4. The van der Waals surface area contributed by atoms with Crippen molar-refractivity contribution < 1.29 is 24.5 Å². The molecule has 266 valence electrons. The number of benzene rings is 5. The van der Waals surface area contributed by atoms with E-state index in [0.717, 1.165) is 27.6 Å². The smallest absolute Gasteiger partial charge is 0.264 e. The summed E-state index contributed by atoms with van der Waals surface area (Å²) in [7, 11) is 1.56. The van der Waals surface area contributed by atoms with Gasteiger partial charge in [-0.3, -0.25) is 19.2 Å². The van der Waals surface area contributed by atoms with Gasteiger partial charge in [-0.25, -0.2) is 0 Å². The highest BCUT2D eigenvalue weighted by molar-refractivity contribution is 6.27. The largest absolute Gasteiger partial charge is 0.497 e. The average molecular weight is 706 g/mol. The molecule has 53 heavy (non-hydrogen) atoms. The topological polar surface area (TPSA) is 121 Å². The molecule has 0 saturated heterocycles. The zero-order valence-electron chi connectivity index (χ0n) is 29.5. The van der Waals surface area contributed by atoms with Crippen LogP contribution in [0.2, 0.25) is 0 Å². The second-order valence-electron chi connectivity index (χ2n) is 13.6. The Morgan fingerprint density at radius 3 is 2.49 bits per heavy atom. The summed E-state index contributed by atoms with van der Waals surface area (Å²) >= 11 is 0. The van der Waals surface area contributed by atoms with Crippen molar-refractivity contribution in [3.63, 3.8) is 0 Å². The number of aliphatic hydroxyl groups is 2. The predicted octanol–water partition coefficient (Wildman–Crippen LogP) is 6.87. The lowest BCUT2D eigenvalue weighted by atomic mass is 9.83. The van der Waals surface area contributed by atoms with Gasteiger partial charge in [-0.1, -0.05) is 91.0 Å². The Labute approximate surface area is 307 Å². The van der Waals surface area contributed by atoms with Gasteiger partial charge in [0, 0.05) is 35.3 Å². The van der Waals surface area contributed by atoms with Crippen molar-refractivity contribution >= 4 is 39.6 Å². The monoisotopic (exact) mass is 705 g/mol. The zero-order chi connectivity index (χ0) is 36.7. The second kappa shape index (κ2) is 13.8. The molecule has 8 rings (SSSR count). The molecular formula is C43H39N5O5. The summed E-state index contributed by atoms with van der Waals surface area (Å²) in [6.45, 7) is 2.47. The number of anilines is 3. The number of fused-ring (bicyclic) bond motifs is 1. The summed E-state index contributed by atoms with van der Waals surface area (Å²) in [4.78, 5) is 31.3. The molecule has 6 aromatic rings. The number of amides is 2. The van der Waals surface area contributed by atoms with Crippen molar-refractivity contribution in [2.45, 2.75) is 38.0 Å². The second-order valence-corrected chi connectivity index (χ2v) is 13.6. The molecule has 10 heteroatoms. The van der Waals surface area contributed by atoms with Crippen LogP contribution >= 0.6 is 0 Å². The lowest BCUT2D eigenvalue weighted by Crippen LogP contribution is -2.44. The van der Waals surface area contributed by atoms with Crippen LogP contribution in [-0.2, 0) is 23.5 Å². The summed E-state index contributed by atoms with van der Waals surface area (Å²) in [6.07, 6.45) is 6.23. The SMILES string of the molecule is COc1ccc2c(c1)[C@@](O)([C@H](C)/C=C/CCn1cc(C(CO)c3ccccc3)nn1)C(=O)N2Cc1cccc(N2C(=O)c3cccc4cccc2c34)c1. The number of methoxy groups -OCH3 is 1. The molecule has 5 aromatic carbocycles. The zero-order valence-corrected chi connectivity index (χ0v) is 29.5. The van der Waals surface area contributed by atoms with Crippen molar-refractivity contribution in [1.29, 1.82) is 0 Å². The van der Waals surface area contributed by atoms with E-state index in [1.54, 1.807) is 33.7 Å². The van der Waals surface area contributed by atoms with Gasteiger partial charge in [0.05, 0.1) is 48.8 Å². The number of nitrogens with zero attached hydrogens (tertiary/aromatic N) is 5. The fraction of sp³-hybridized carbons (Fsp3) is 0.209. The third-order valence-corrected chi connectivity index (χ3v) is 10.4. The van der Waals surface area contributed by atoms with Crippen LogP contribution in [0.5, 0.6) is 5.75 Å². The minimum absolute atomic E-state index is 0.0782. The van der Waals surface area contributed by atoms with Gasteiger partial charge >= 0.3 is 0 Å². The van der Waals surface area contributed by atoms with E-state index in [1.807, 2.05) is 122 Å². The van der Waals surface area contributed by atoms with E-state index < -0.39 is 17.4 Å². The summed E-state index contributed by atoms with van der Waals surface area (Å²) < 4.78 is 7.24. The van der Waals surface area contributed by atoms with Crippen LogP contribution in [0.15, 0.2) is 128 Å². The van der Waals surface area contributed by atoms with Crippen molar-refractivity contribution in [3.05, 3.63) is 155 Å². The molecule has 0 fully saturated rings. The summed E-state index contributed by atoms with van der Waals surface area (Å²) in [5, 5.41) is 32.8. The van der Waals surface area contributed by atoms with Gasteiger partial charge in [0.2, 0.25) is 0 Å². The lowest BCUT2D eigenvalue weighted by molar-refractivity contribution is -0.139. The van der Waals surface area contributed by atoms with Gasteiger partial charge in [-0.15, -0.1) is 5.10 Å². The fourth-order valence-electron chi connectivity index (χ4n) is 7.64. The maximum Gasteiger partial charge on any atom is 0.264 e. The maximum absolute atomic E-state index is 14.4. The van der Waals surface area contributed by atoms with Gasteiger partial charge < -0.3 is 19.8 Å². The van der Waals surface area contributed by atoms with Crippen LogP contribution in [0, 0.1) is 5.92 Å². The fourth-order valence-corrected chi connectivity index (χ4v) is 7.64. The first-order chi connectivity index (χ1) is 25.8. The Morgan fingerprint density at radius 1 is 0.906 bits per heavy atom. The van der Waals surface area contributed by atoms with Crippen LogP contribution in [0.1, 0.15) is 52.0 Å². The number of hydrogen-bond donors (Lipinski definition) is 2. The van der Waals surface area contributed by atoms with Crippen molar-refractivity contribution in [1.82, 2.24) is 15.0 Å². The van der Waals surface area contributed by atoms with Crippen LogP contribution in [0.4, 0.5) is 17.1 Å².